The molecule has 1 amide bonds. The zero-order chi connectivity index (χ0) is 13.8. The Kier molecular flexibility index (Phi) is 4.25. The Bertz CT molecular complexity index is 457. The van der Waals surface area contributed by atoms with Gasteiger partial charge in [-0.2, -0.15) is 5.10 Å². The van der Waals surface area contributed by atoms with Gasteiger partial charge in [0.15, 0.2) is 0 Å². The molecule has 0 spiro atoms. The number of aromatic amines is 1. The van der Waals surface area contributed by atoms with Crippen LogP contribution in [-0.4, -0.2) is 28.6 Å². The molecule has 18 heavy (non-hydrogen) atoms. The van der Waals surface area contributed by atoms with Gasteiger partial charge in [0.2, 0.25) is 0 Å². The van der Waals surface area contributed by atoms with Crippen LogP contribution in [0.2, 0.25) is 0 Å². The van der Waals surface area contributed by atoms with E-state index in [0.717, 1.165) is 5.69 Å². The van der Waals surface area contributed by atoms with Crippen LogP contribution < -0.4 is 5.32 Å². The Balaban J connectivity index is 2.49. The molecule has 0 saturated carbocycles. The summed E-state index contributed by atoms with van der Waals surface area (Å²) in [5.74, 6) is 0. The van der Waals surface area contributed by atoms with Gasteiger partial charge in [0.05, 0.1) is 17.9 Å². The molecule has 1 aromatic heterocycles. The van der Waals surface area contributed by atoms with Crippen molar-refractivity contribution in [2.45, 2.75) is 32.9 Å². The lowest BCUT2D eigenvalue weighted by Crippen LogP contribution is -2.32. The fourth-order valence-electron chi connectivity index (χ4n) is 1.16. The van der Waals surface area contributed by atoms with E-state index in [1.807, 2.05) is 0 Å². The zero-order valence-corrected chi connectivity index (χ0v) is 10.9. The van der Waals surface area contributed by atoms with E-state index >= 15 is 0 Å². The molecule has 0 radical (unpaired) electrons. The number of H-pyrrole nitrogens is 1. The number of hydrogen-bond acceptors (Lipinski definition) is 4. The fraction of sp³-hybridized carbons (Fsp3) is 0.417. The van der Waals surface area contributed by atoms with Crippen LogP contribution >= 0.6 is 0 Å². The van der Waals surface area contributed by atoms with Gasteiger partial charge in [-0.3, -0.25) is 10.1 Å². The van der Waals surface area contributed by atoms with Gasteiger partial charge in [-0.15, -0.1) is 0 Å². The van der Waals surface area contributed by atoms with Crippen LogP contribution in [0, 0.1) is 0 Å². The fourth-order valence-corrected chi connectivity index (χ4v) is 1.16. The molecule has 98 valence electrons. The quantitative estimate of drug-likeness (QED) is 0.803. The SMILES string of the molecule is C=NC(=C)c1cc(CNC(=O)OC(C)(C)C)[nH]n1. The average molecular weight is 250 g/mol. The molecule has 0 aliphatic rings. The lowest BCUT2D eigenvalue weighted by molar-refractivity contribution is 0.0523. The van der Waals surface area contributed by atoms with E-state index in [2.05, 4.69) is 33.8 Å². The molecular weight excluding hydrogens is 232 g/mol. The van der Waals surface area contributed by atoms with Crippen molar-refractivity contribution < 1.29 is 9.53 Å². The van der Waals surface area contributed by atoms with Crippen molar-refractivity contribution >= 4 is 18.5 Å². The number of carbonyl (C=O) groups is 1. The molecule has 0 fully saturated rings. The van der Waals surface area contributed by atoms with Crippen molar-refractivity contribution in [1.29, 1.82) is 0 Å². The summed E-state index contributed by atoms with van der Waals surface area (Å²) < 4.78 is 5.10. The van der Waals surface area contributed by atoms with Gasteiger partial charge >= 0.3 is 6.09 Å². The minimum atomic E-state index is -0.510. The third-order valence-electron chi connectivity index (χ3n) is 1.94. The van der Waals surface area contributed by atoms with Crippen LogP contribution in [-0.2, 0) is 11.3 Å². The van der Waals surface area contributed by atoms with Gasteiger partial charge in [0, 0.05) is 0 Å². The first-order chi connectivity index (χ1) is 8.31. The number of nitrogens with zero attached hydrogens (tertiary/aromatic N) is 2. The van der Waals surface area contributed by atoms with Gasteiger partial charge in [-0.25, -0.2) is 4.79 Å². The van der Waals surface area contributed by atoms with Gasteiger partial charge in [-0.05, 0) is 33.6 Å². The van der Waals surface area contributed by atoms with Crippen LogP contribution in [0.3, 0.4) is 0 Å². The van der Waals surface area contributed by atoms with E-state index in [4.69, 9.17) is 4.74 Å². The standard InChI is InChI=1S/C12H18N4O2/c1-8(13-5)10-6-9(15-16-10)7-14-11(17)18-12(2,3)4/h6H,1,5,7H2,2-4H3,(H,14,17)(H,15,16). The Morgan fingerprint density at radius 2 is 2.28 bits per heavy atom. The van der Waals surface area contributed by atoms with E-state index in [1.54, 1.807) is 26.8 Å². The number of ether oxygens (including phenoxy) is 1. The van der Waals surface area contributed by atoms with Gasteiger partial charge in [-0.1, -0.05) is 6.58 Å². The van der Waals surface area contributed by atoms with Crippen molar-refractivity contribution in [2.75, 3.05) is 0 Å². The summed E-state index contributed by atoms with van der Waals surface area (Å²) in [4.78, 5) is 15.1. The van der Waals surface area contributed by atoms with Crippen molar-refractivity contribution in [2.24, 2.45) is 4.99 Å². The van der Waals surface area contributed by atoms with Crippen molar-refractivity contribution in [3.05, 3.63) is 24.0 Å². The van der Waals surface area contributed by atoms with Crippen LogP contribution in [0.1, 0.15) is 32.2 Å². The molecule has 0 aromatic carbocycles. The average Bonchev–Trinajstić information content (AvgIpc) is 2.71. The Morgan fingerprint density at radius 1 is 1.61 bits per heavy atom. The highest BCUT2D eigenvalue weighted by molar-refractivity contribution is 5.67. The molecule has 1 rings (SSSR count). The van der Waals surface area contributed by atoms with E-state index in [9.17, 15) is 4.79 Å². The molecule has 0 aliphatic heterocycles. The van der Waals surface area contributed by atoms with Crippen LogP contribution in [0.5, 0.6) is 0 Å². The summed E-state index contributed by atoms with van der Waals surface area (Å²) in [7, 11) is 0. The highest BCUT2D eigenvalue weighted by atomic mass is 16.6. The molecule has 2 N–H and O–H groups in total. The van der Waals surface area contributed by atoms with Crippen molar-refractivity contribution in [3.63, 3.8) is 0 Å². The molecule has 1 heterocycles. The number of amides is 1. The number of rotatable bonds is 4. The maximum Gasteiger partial charge on any atom is 0.407 e. The second-order valence-corrected chi connectivity index (χ2v) is 4.74. The molecule has 6 nitrogen and oxygen atoms in total. The third-order valence-corrected chi connectivity index (χ3v) is 1.94. The van der Waals surface area contributed by atoms with Gasteiger partial charge in [0.25, 0.3) is 0 Å². The Morgan fingerprint density at radius 3 is 2.83 bits per heavy atom. The first kappa shape index (κ1) is 14.0. The summed E-state index contributed by atoms with van der Waals surface area (Å²) >= 11 is 0. The molecule has 1 aromatic rings. The number of carbonyl (C=O) groups excluding carboxylic acids is 1. The lowest BCUT2D eigenvalue weighted by atomic mass is 10.2. The second kappa shape index (κ2) is 5.48. The van der Waals surface area contributed by atoms with Crippen LogP contribution in [0.4, 0.5) is 4.79 Å². The number of alkyl carbamates (subject to hydrolysis) is 1. The summed E-state index contributed by atoms with van der Waals surface area (Å²) in [5, 5.41) is 9.38. The topological polar surface area (TPSA) is 79.4 Å². The monoisotopic (exact) mass is 250 g/mol. The normalized spacial score (nSPS) is 10.8. The predicted molar refractivity (Wildman–Crippen MR) is 70.2 cm³/mol. The molecule has 6 heteroatoms. The highest BCUT2D eigenvalue weighted by Crippen LogP contribution is 2.11. The van der Waals surface area contributed by atoms with Crippen LogP contribution in [0.25, 0.3) is 5.70 Å². The number of aromatic nitrogens is 2. The van der Waals surface area contributed by atoms with Gasteiger partial charge in [0.1, 0.15) is 11.3 Å². The minimum absolute atomic E-state index is 0.298. The molecule has 0 atom stereocenters. The minimum Gasteiger partial charge on any atom is -0.444 e. The van der Waals surface area contributed by atoms with Crippen molar-refractivity contribution in [3.8, 4) is 0 Å². The largest absolute Gasteiger partial charge is 0.444 e. The van der Waals surface area contributed by atoms with E-state index in [0.29, 0.717) is 17.9 Å². The summed E-state index contributed by atoms with van der Waals surface area (Å²) in [6, 6.07) is 1.74. The molecule has 0 aliphatic carbocycles. The number of hydrogen-bond donors (Lipinski definition) is 2. The van der Waals surface area contributed by atoms with E-state index < -0.39 is 11.7 Å². The smallest absolute Gasteiger partial charge is 0.407 e. The molecule has 0 bridgehead atoms. The summed E-state index contributed by atoms with van der Waals surface area (Å²) in [6.45, 7) is 12.8. The van der Waals surface area contributed by atoms with Crippen LogP contribution in [0.15, 0.2) is 17.6 Å². The molecule has 0 saturated heterocycles. The third kappa shape index (κ3) is 4.40. The summed E-state index contributed by atoms with van der Waals surface area (Å²) in [5.41, 5.74) is 1.31. The first-order valence-electron chi connectivity index (χ1n) is 5.49. The highest BCUT2D eigenvalue weighted by Gasteiger charge is 2.16. The summed E-state index contributed by atoms with van der Waals surface area (Å²) in [6.07, 6.45) is -0.473. The zero-order valence-electron chi connectivity index (χ0n) is 10.9. The number of nitrogens with one attached hydrogen (secondary N) is 2. The van der Waals surface area contributed by atoms with E-state index in [-0.39, 0.29) is 0 Å². The Hall–Kier alpha value is -2.11. The molecular formula is C12H18N4O2. The van der Waals surface area contributed by atoms with Gasteiger partial charge < -0.3 is 10.1 Å². The number of aliphatic imine (C=N–C) groups is 1. The molecule has 0 unspecified atom stereocenters. The maximum atomic E-state index is 11.4. The predicted octanol–water partition coefficient (Wildman–Crippen LogP) is 2.11. The second-order valence-electron chi connectivity index (χ2n) is 4.74. The Labute approximate surface area is 106 Å². The first-order valence-corrected chi connectivity index (χ1v) is 5.49. The maximum absolute atomic E-state index is 11.4. The van der Waals surface area contributed by atoms with E-state index in [1.165, 1.54) is 0 Å². The lowest BCUT2D eigenvalue weighted by Gasteiger charge is -2.19. The van der Waals surface area contributed by atoms with Crippen molar-refractivity contribution in [1.82, 2.24) is 15.5 Å².